The van der Waals surface area contributed by atoms with Crippen LogP contribution in [0.5, 0.6) is 0 Å². The van der Waals surface area contributed by atoms with Crippen LogP contribution in [0.4, 0.5) is 0 Å². The summed E-state index contributed by atoms with van der Waals surface area (Å²) in [4.78, 5) is 0.261. The van der Waals surface area contributed by atoms with Crippen LogP contribution in [0.2, 0.25) is 0 Å². The zero-order chi connectivity index (χ0) is 22.5. The van der Waals surface area contributed by atoms with Gasteiger partial charge in [-0.05, 0) is 62.7 Å². The van der Waals surface area contributed by atoms with Gasteiger partial charge in [0.2, 0.25) is 0 Å². The van der Waals surface area contributed by atoms with E-state index in [0.29, 0.717) is 11.4 Å². The van der Waals surface area contributed by atoms with Crippen molar-refractivity contribution < 1.29 is 8.42 Å². The highest BCUT2D eigenvalue weighted by atomic mass is 32.2. The molecule has 0 aliphatic heterocycles. The van der Waals surface area contributed by atoms with Gasteiger partial charge in [-0.25, -0.2) is 16.9 Å². The summed E-state index contributed by atoms with van der Waals surface area (Å²) in [7, 11) is -3.66. The summed E-state index contributed by atoms with van der Waals surface area (Å²) in [5.74, 6) is 0. The van der Waals surface area contributed by atoms with Gasteiger partial charge in [0, 0.05) is 28.7 Å². The number of rotatable bonds is 4. The molecule has 0 saturated heterocycles. The van der Waals surface area contributed by atoms with E-state index in [1.165, 1.54) is 9.54 Å². The maximum atomic E-state index is 13.2. The third-order valence-corrected chi connectivity index (χ3v) is 7.68. The van der Waals surface area contributed by atoms with E-state index in [4.69, 9.17) is 5.10 Å². The minimum absolute atomic E-state index is 0.261. The lowest BCUT2D eigenvalue weighted by molar-refractivity contribution is 0.585. The van der Waals surface area contributed by atoms with Crippen LogP contribution >= 0.6 is 0 Å². The molecular formula is C26H23N3O2S. The fourth-order valence-corrected chi connectivity index (χ4v) is 5.70. The molecule has 160 valence electrons. The van der Waals surface area contributed by atoms with Crippen LogP contribution in [0, 0.1) is 20.8 Å². The number of benzene rings is 2. The topological polar surface area (TPSA) is 56.4 Å². The second-order valence-corrected chi connectivity index (χ2v) is 9.82. The van der Waals surface area contributed by atoms with Gasteiger partial charge in [-0.3, -0.25) is 0 Å². The largest absolute Gasteiger partial charge is 0.268 e. The van der Waals surface area contributed by atoms with Crippen LogP contribution in [0.25, 0.3) is 27.9 Å². The Kier molecular flexibility index (Phi) is 4.75. The Morgan fingerprint density at radius 3 is 2.00 bits per heavy atom. The maximum Gasteiger partial charge on any atom is 0.268 e. The lowest BCUT2D eigenvalue weighted by Gasteiger charge is -2.11. The van der Waals surface area contributed by atoms with Crippen molar-refractivity contribution in [2.45, 2.75) is 25.7 Å². The standard InChI is InChI=1S/C26H23N3O2S/c1-18-7-11-22(12-8-18)26-25(24-6-4-5-17-28(24)27-26)21-13-15-23(16-14-21)32(30,31)29-19(2)9-10-20(29)3/h4-17H,1-3H3. The van der Waals surface area contributed by atoms with Crippen molar-refractivity contribution in [3.8, 4) is 22.4 Å². The molecule has 0 fully saturated rings. The third-order valence-electron chi connectivity index (χ3n) is 5.75. The van der Waals surface area contributed by atoms with Gasteiger partial charge in [-0.15, -0.1) is 0 Å². The average Bonchev–Trinajstić information content (AvgIpc) is 3.34. The number of pyridine rings is 1. The summed E-state index contributed by atoms with van der Waals surface area (Å²) in [5.41, 5.74) is 7.31. The predicted molar refractivity (Wildman–Crippen MR) is 127 cm³/mol. The first-order chi connectivity index (χ1) is 15.4. The van der Waals surface area contributed by atoms with E-state index in [2.05, 4.69) is 31.2 Å². The molecule has 3 aromatic heterocycles. The summed E-state index contributed by atoms with van der Waals surface area (Å²) >= 11 is 0. The zero-order valence-electron chi connectivity index (χ0n) is 18.1. The molecule has 3 heterocycles. The monoisotopic (exact) mass is 441 g/mol. The van der Waals surface area contributed by atoms with Gasteiger partial charge in [-0.1, -0.05) is 48.0 Å². The van der Waals surface area contributed by atoms with Gasteiger partial charge < -0.3 is 0 Å². The van der Waals surface area contributed by atoms with E-state index in [0.717, 1.165) is 27.9 Å². The second-order valence-electron chi connectivity index (χ2n) is 8.03. The highest BCUT2D eigenvalue weighted by Crippen LogP contribution is 2.36. The fraction of sp³-hybridized carbons (Fsp3) is 0.115. The first-order valence-electron chi connectivity index (χ1n) is 10.4. The third kappa shape index (κ3) is 3.24. The summed E-state index contributed by atoms with van der Waals surface area (Å²) in [5, 5.41) is 4.82. The molecule has 0 aliphatic rings. The van der Waals surface area contributed by atoms with E-state index in [9.17, 15) is 8.42 Å². The van der Waals surface area contributed by atoms with Crippen LogP contribution in [-0.4, -0.2) is 22.0 Å². The lowest BCUT2D eigenvalue weighted by Crippen LogP contribution is -2.15. The molecule has 5 rings (SSSR count). The van der Waals surface area contributed by atoms with Crippen molar-refractivity contribution in [1.82, 2.24) is 13.6 Å². The smallest absolute Gasteiger partial charge is 0.243 e. The molecule has 6 heteroatoms. The highest BCUT2D eigenvalue weighted by Gasteiger charge is 2.21. The van der Waals surface area contributed by atoms with Crippen LogP contribution in [0.15, 0.2) is 90.0 Å². The number of nitrogens with zero attached hydrogens (tertiary/aromatic N) is 3. The molecule has 5 nitrogen and oxygen atoms in total. The van der Waals surface area contributed by atoms with E-state index >= 15 is 0 Å². The number of fused-ring (bicyclic) bond motifs is 1. The quantitative estimate of drug-likeness (QED) is 0.363. The SMILES string of the molecule is Cc1ccc(-c2nn3ccccc3c2-c2ccc(S(=O)(=O)n3c(C)ccc3C)cc2)cc1. The molecule has 0 aliphatic carbocycles. The summed E-state index contributed by atoms with van der Waals surface area (Å²) in [6, 6.07) is 24.9. The van der Waals surface area contributed by atoms with E-state index in [1.807, 2.05) is 53.2 Å². The van der Waals surface area contributed by atoms with Gasteiger partial charge in [0.25, 0.3) is 10.0 Å². The van der Waals surface area contributed by atoms with Gasteiger partial charge >= 0.3 is 0 Å². The molecule has 0 amide bonds. The number of aryl methyl sites for hydroxylation is 3. The van der Waals surface area contributed by atoms with E-state index < -0.39 is 10.0 Å². The molecule has 0 radical (unpaired) electrons. The Bertz CT molecular complexity index is 1520. The molecule has 0 unspecified atom stereocenters. The van der Waals surface area contributed by atoms with Gasteiger partial charge in [-0.2, -0.15) is 5.10 Å². The van der Waals surface area contributed by atoms with Crippen LogP contribution in [0.3, 0.4) is 0 Å². The minimum Gasteiger partial charge on any atom is -0.243 e. The normalized spacial score (nSPS) is 11.8. The Hall–Kier alpha value is -3.64. The molecule has 0 bridgehead atoms. The molecular weight excluding hydrogens is 418 g/mol. The van der Waals surface area contributed by atoms with Crippen molar-refractivity contribution in [3.63, 3.8) is 0 Å². The molecule has 0 saturated carbocycles. The Morgan fingerprint density at radius 2 is 1.34 bits per heavy atom. The highest BCUT2D eigenvalue weighted by molar-refractivity contribution is 7.90. The average molecular weight is 442 g/mol. The molecule has 5 aromatic rings. The summed E-state index contributed by atoms with van der Waals surface area (Å²) < 4.78 is 29.7. The molecule has 32 heavy (non-hydrogen) atoms. The molecule has 0 spiro atoms. The van der Waals surface area contributed by atoms with Crippen molar-refractivity contribution in [1.29, 1.82) is 0 Å². The number of aromatic nitrogens is 3. The van der Waals surface area contributed by atoms with E-state index in [-0.39, 0.29) is 4.90 Å². The summed E-state index contributed by atoms with van der Waals surface area (Å²) in [6.45, 7) is 5.65. The second kappa shape index (κ2) is 7.50. The van der Waals surface area contributed by atoms with Crippen molar-refractivity contribution in [2.75, 3.05) is 0 Å². The molecule has 2 aromatic carbocycles. The van der Waals surface area contributed by atoms with Crippen molar-refractivity contribution in [2.24, 2.45) is 0 Å². The van der Waals surface area contributed by atoms with Crippen LogP contribution < -0.4 is 0 Å². The van der Waals surface area contributed by atoms with E-state index in [1.54, 1.807) is 26.0 Å². The lowest BCUT2D eigenvalue weighted by atomic mass is 9.99. The van der Waals surface area contributed by atoms with Gasteiger partial charge in [0.05, 0.1) is 10.4 Å². The fourth-order valence-electron chi connectivity index (χ4n) is 4.13. The van der Waals surface area contributed by atoms with Crippen molar-refractivity contribution in [3.05, 3.63) is 102 Å². The van der Waals surface area contributed by atoms with Crippen molar-refractivity contribution >= 4 is 15.5 Å². The van der Waals surface area contributed by atoms with Gasteiger partial charge in [0.1, 0.15) is 5.69 Å². The van der Waals surface area contributed by atoms with Crippen LogP contribution in [0.1, 0.15) is 17.0 Å². The first-order valence-corrected chi connectivity index (χ1v) is 11.9. The zero-order valence-corrected chi connectivity index (χ0v) is 19.0. The molecule has 0 N–H and O–H groups in total. The Morgan fingerprint density at radius 1 is 0.719 bits per heavy atom. The molecule has 0 atom stereocenters. The number of hydrogen-bond acceptors (Lipinski definition) is 3. The Balaban J connectivity index is 1.65. The van der Waals surface area contributed by atoms with Crippen LogP contribution in [-0.2, 0) is 10.0 Å². The van der Waals surface area contributed by atoms with Gasteiger partial charge in [0.15, 0.2) is 0 Å². The maximum absolute atomic E-state index is 13.2. The Labute approximate surface area is 187 Å². The number of hydrogen-bond donors (Lipinski definition) is 0. The first kappa shape index (κ1) is 20.3. The predicted octanol–water partition coefficient (Wildman–Crippen LogP) is 5.63. The summed E-state index contributed by atoms with van der Waals surface area (Å²) in [6.07, 6.45) is 1.92. The minimum atomic E-state index is -3.66.